The Morgan fingerprint density at radius 3 is 2.46 bits per heavy atom. The predicted molar refractivity (Wildman–Crippen MR) is 107 cm³/mol. The molecule has 0 atom stereocenters. The van der Waals surface area contributed by atoms with E-state index in [0.29, 0.717) is 11.3 Å². The largest absolute Gasteiger partial charge is 0.326 e. The number of nitrogens with zero attached hydrogens (tertiary/aromatic N) is 2. The molecule has 2 aromatic carbocycles. The first-order valence-corrected chi connectivity index (χ1v) is 9.64. The molecule has 1 N–H and O–H groups in total. The Hall–Kier alpha value is -2.38. The van der Waals surface area contributed by atoms with Gasteiger partial charge >= 0.3 is 0 Å². The van der Waals surface area contributed by atoms with Crippen LogP contribution in [0.5, 0.6) is 0 Å². The Morgan fingerprint density at radius 2 is 1.81 bits per heavy atom. The van der Waals surface area contributed by atoms with Crippen molar-refractivity contribution in [1.29, 1.82) is 0 Å². The van der Waals surface area contributed by atoms with Crippen molar-refractivity contribution in [2.45, 2.75) is 12.1 Å². The topological polar surface area (TPSA) is 64.0 Å². The van der Waals surface area contributed by atoms with Crippen molar-refractivity contribution in [2.75, 3.05) is 11.1 Å². The number of rotatable bonds is 6. The number of benzene rings is 2. The highest BCUT2D eigenvalue weighted by Crippen LogP contribution is 2.23. The van der Waals surface area contributed by atoms with Gasteiger partial charge in [-0.05, 0) is 48.5 Å². The lowest BCUT2D eigenvalue weighted by atomic mass is 10.1. The Labute approximate surface area is 164 Å². The second-order valence-corrected chi connectivity index (χ2v) is 7.38. The van der Waals surface area contributed by atoms with Crippen molar-refractivity contribution in [3.8, 4) is 5.69 Å². The minimum Gasteiger partial charge on any atom is -0.326 e. The summed E-state index contributed by atoms with van der Waals surface area (Å²) in [5, 5.41) is 3.44. The molecule has 1 amide bonds. The van der Waals surface area contributed by atoms with Crippen LogP contribution in [0.1, 0.15) is 17.3 Å². The third-order valence-electron chi connectivity index (χ3n) is 3.57. The van der Waals surface area contributed by atoms with E-state index in [9.17, 15) is 9.59 Å². The summed E-state index contributed by atoms with van der Waals surface area (Å²) in [6.45, 7) is 1.45. The second kappa shape index (κ2) is 8.33. The number of carbonyl (C=O) groups excluding carboxylic acids is 2. The number of amides is 1. The number of ketones is 1. The van der Waals surface area contributed by atoms with Crippen LogP contribution in [-0.4, -0.2) is 27.0 Å². The van der Waals surface area contributed by atoms with Gasteiger partial charge in [-0.1, -0.05) is 27.7 Å². The van der Waals surface area contributed by atoms with E-state index in [4.69, 9.17) is 0 Å². The predicted octanol–water partition coefficient (Wildman–Crippen LogP) is 4.57. The van der Waals surface area contributed by atoms with Gasteiger partial charge in [0.2, 0.25) is 5.91 Å². The molecule has 0 saturated heterocycles. The lowest BCUT2D eigenvalue weighted by Gasteiger charge is -2.08. The fourth-order valence-electron chi connectivity index (χ4n) is 2.35. The standard InChI is InChI=1S/C19H16BrN3O2S/c1-13(24)22-16-6-2-14(3-7-16)18(25)12-26-19-21-10-11-23(19)17-8-4-15(20)5-9-17/h2-11H,12H2,1H3,(H,22,24). The molecule has 0 aliphatic rings. The summed E-state index contributed by atoms with van der Waals surface area (Å²) < 4.78 is 2.96. The Morgan fingerprint density at radius 1 is 1.12 bits per heavy atom. The zero-order valence-corrected chi connectivity index (χ0v) is 16.4. The van der Waals surface area contributed by atoms with E-state index in [-0.39, 0.29) is 17.4 Å². The van der Waals surface area contributed by atoms with Crippen molar-refractivity contribution in [1.82, 2.24) is 9.55 Å². The highest BCUT2D eigenvalue weighted by molar-refractivity contribution is 9.10. The quantitative estimate of drug-likeness (QED) is 0.460. The maximum atomic E-state index is 12.4. The number of nitrogens with one attached hydrogen (secondary N) is 1. The normalized spacial score (nSPS) is 10.5. The molecule has 0 unspecified atom stereocenters. The van der Waals surface area contributed by atoms with Gasteiger partial charge in [0.25, 0.3) is 0 Å². The SMILES string of the molecule is CC(=O)Nc1ccc(C(=O)CSc2nccn2-c2ccc(Br)cc2)cc1. The van der Waals surface area contributed by atoms with Gasteiger partial charge in [-0.15, -0.1) is 0 Å². The number of imidazole rings is 1. The molecule has 5 nitrogen and oxygen atoms in total. The van der Waals surface area contributed by atoms with Crippen LogP contribution in [0.4, 0.5) is 5.69 Å². The average molecular weight is 430 g/mol. The van der Waals surface area contributed by atoms with Crippen molar-refractivity contribution in [3.63, 3.8) is 0 Å². The molecule has 1 aromatic heterocycles. The molecule has 0 spiro atoms. The van der Waals surface area contributed by atoms with E-state index in [1.165, 1.54) is 18.7 Å². The Bertz CT molecular complexity index is 921. The molecule has 0 bridgehead atoms. The average Bonchev–Trinajstić information content (AvgIpc) is 3.09. The van der Waals surface area contributed by atoms with Crippen LogP contribution in [0.3, 0.4) is 0 Å². The van der Waals surface area contributed by atoms with Crippen LogP contribution in [0.2, 0.25) is 0 Å². The fraction of sp³-hybridized carbons (Fsp3) is 0.105. The molecule has 0 saturated carbocycles. The molecule has 0 radical (unpaired) electrons. The van der Waals surface area contributed by atoms with Crippen LogP contribution in [0.25, 0.3) is 5.69 Å². The van der Waals surface area contributed by atoms with Crippen LogP contribution in [-0.2, 0) is 4.79 Å². The maximum Gasteiger partial charge on any atom is 0.221 e. The summed E-state index contributed by atoms with van der Waals surface area (Å²) >= 11 is 4.81. The van der Waals surface area contributed by atoms with Gasteiger partial charge in [-0.3, -0.25) is 14.2 Å². The van der Waals surface area contributed by atoms with E-state index in [1.807, 2.05) is 35.0 Å². The molecular formula is C19H16BrN3O2S. The maximum absolute atomic E-state index is 12.4. The van der Waals surface area contributed by atoms with Crippen molar-refractivity contribution >= 4 is 45.1 Å². The molecule has 0 aliphatic carbocycles. The highest BCUT2D eigenvalue weighted by atomic mass is 79.9. The molecule has 0 fully saturated rings. The molecule has 26 heavy (non-hydrogen) atoms. The fourth-order valence-corrected chi connectivity index (χ4v) is 3.48. The van der Waals surface area contributed by atoms with Gasteiger partial charge in [-0.25, -0.2) is 4.98 Å². The number of anilines is 1. The molecule has 132 valence electrons. The third kappa shape index (κ3) is 4.62. The summed E-state index contributed by atoms with van der Waals surface area (Å²) in [7, 11) is 0. The van der Waals surface area contributed by atoms with Gasteiger partial charge in [0.15, 0.2) is 10.9 Å². The number of thioether (sulfide) groups is 1. The van der Waals surface area contributed by atoms with Gasteiger partial charge < -0.3 is 5.32 Å². The van der Waals surface area contributed by atoms with Gasteiger partial charge in [-0.2, -0.15) is 0 Å². The zero-order chi connectivity index (χ0) is 18.5. The van der Waals surface area contributed by atoms with Crippen molar-refractivity contribution in [2.24, 2.45) is 0 Å². The first-order valence-electron chi connectivity index (χ1n) is 7.86. The second-order valence-electron chi connectivity index (χ2n) is 5.53. The van der Waals surface area contributed by atoms with Gasteiger partial charge in [0, 0.05) is 40.7 Å². The number of hydrogen-bond donors (Lipinski definition) is 1. The molecule has 0 aliphatic heterocycles. The molecule has 1 heterocycles. The first kappa shape index (κ1) is 18.4. The first-order chi connectivity index (χ1) is 12.5. The number of aromatic nitrogens is 2. The third-order valence-corrected chi connectivity index (χ3v) is 5.07. The van der Waals surface area contributed by atoms with Crippen LogP contribution in [0, 0.1) is 0 Å². The van der Waals surface area contributed by atoms with Crippen molar-refractivity contribution < 1.29 is 9.59 Å². The number of Topliss-reactive ketones (excluding diaryl/α,β-unsaturated/α-hetero) is 1. The minimum absolute atomic E-state index is 0.00901. The van der Waals surface area contributed by atoms with E-state index in [1.54, 1.807) is 30.5 Å². The lowest BCUT2D eigenvalue weighted by molar-refractivity contribution is -0.114. The van der Waals surface area contributed by atoms with Crippen LogP contribution in [0.15, 0.2) is 70.6 Å². The summed E-state index contributed by atoms with van der Waals surface area (Å²) in [5.74, 6) is 0.154. The van der Waals surface area contributed by atoms with Gasteiger partial charge in [0.05, 0.1) is 5.75 Å². The number of hydrogen-bond acceptors (Lipinski definition) is 4. The van der Waals surface area contributed by atoms with Crippen molar-refractivity contribution in [3.05, 3.63) is 71.0 Å². The Balaban J connectivity index is 1.66. The monoisotopic (exact) mass is 429 g/mol. The molecule has 3 aromatic rings. The number of carbonyl (C=O) groups is 2. The lowest BCUT2D eigenvalue weighted by Crippen LogP contribution is -2.07. The zero-order valence-electron chi connectivity index (χ0n) is 14.0. The summed E-state index contributed by atoms with van der Waals surface area (Å²) in [6, 6.07) is 14.8. The summed E-state index contributed by atoms with van der Waals surface area (Å²) in [5.41, 5.74) is 2.26. The Kier molecular flexibility index (Phi) is 5.90. The minimum atomic E-state index is -0.139. The van der Waals surface area contributed by atoms with E-state index in [2.05, 4.69) is 26.2 Å². The van der Waals surface area contributed by atoms with E-state index >= 15 is 0 Å². The summed E-state index contributed by atoms with van der Waals surface area (Å²) in [4.78, 5) is 27.8. The molecular weight excluding hydrogens is 414 g/mol. The molecule has 7 heteroatoms. The summed E-state index contributed by atoms with van der Waals surface area (Å²) in [6.07, 6.45) is 3.59. The number of halogens is 1. The molecule has 3 rings (SSSR count). The van der Waals surface area contributed by atoms with E-state index in [0.717, 1.165) is 15.3 Å². The van der Waals surface area contributed by atoms with Crippen LogP contribution >= 0.6 is 27.7 Å². The smallest absolute Gasteiger partial charge is 0.221 e. The van der Waals surface area contributed by atoms with Crippen LogP contribution < -0.4 is 5.32 Å². The highest BCUT2D eigenvalue weighted by Gasteiger charge is 2.11. The van der Waals surface area contributed by atoms with E-state index < -0.39 is 0 Å². The van der Waals surface area contributed by atoms with Gasteiger partial charge in [0.1, 0.15) is 0 Å².